The van der Waals surface area contributed by atoms with Crippen LogP contribution in [0.5, 0.6) is 0 Å². The van der Waals surface area contributed by atoms with E-state index in [0.29, 0.717) is 29.6 Å². The van der Waals surface area contributed by atoms with Crippen molar-refractivity contribution in [2.24, 2.45) is 0 Å². The molecule has 2 fully saturated rings. The third kappa shape index (κ3) is 6.70. The number of hydrogen-bond donors (Lipinski definition) is 2. The number of imide groups is 1. The highest BCUT2D eigenvalue weighted by Gasteiger charge is 2.38. The molecule has 0 radical (unpaired) electrons. The van der Waals surface area contributed by atoms with Gasteiger partial charge in [0.15, 0.2) is 0 Å². The van der Waals surface area contributed by atoms with Crippen molar-refractivity contribution in [3.05, 3.63) is 69.2 Å². The largest absolute Gasteiger partial charge is 0.416 e. The Balaban J connectivity index is 0.00000387. The summed E-state index contributed by atoms with van der Waals surface area (Å²) >= 11 is 6.50. The molecule has 2 N–H and O–H groups in total. The number of piperazine rings is 1. The highest BCUT2D eigenvalue weighted by Crippen LogP contribution is 2.35. The lowest BCUT2D eigenvalue weighted by Gasteiger charge is -2.33. The van der Waals surface area contributed by atoms with Gasteiger partial charge in [0, 0.05) is 36.1 Å². The van der Waals surface area contributed by atoms with Gasteiger partial charge in [-0.3, -0.25) is 24.0 Å². The molecule has 9 nitrogen and oxygen atoms in total. The molecule has 3 aromatic rings. The Kier molecular flexibility index (Phi) is 9.34. The van der Waals surface area contributed by atoms with Crippen LogP contribution in [0.1, 0.15) is 16.7 Å². The molecule has 15 heteroatoms. The number of nitrogens with zero attached hydrogens (tertiary/aromatic N) is 4. The second-order valence-corrected chi connectivity index (χ2v) is 10.8. The average molecular weight is 630 g/mol. The number of alkyl halides is 3. The van der Waals surface area contributed by atoms with Crippen molar-refractivity contribution >= 4 is 69.8 Å². The van der Waals surface area contributed by atoms with Crippen molar-refractivity contribution in [1.82, 2.24) is 24.9 Å². The molecule has 0 saturated carbocycles. The Bertz CT molecular complexity index is 1530. The van der Waals surface area contributed by atoms with Crippen molar-refractivity contribution in [1.29, 1.82) is 0 Å². The van der Waals surface area contributed by atoms with Gasteiger partial charge in [0.2, 0.25) is 5.91 Å². The third-order valence-corrected chi connectivity index (χ3v) is 7.80. The van der Waals surface area contributed by atoms with Crippen LogP contribution in [0.4, 0.5) is 18.0 Å². The molecule has 0 unspecified atom stereocenters. The molecule has 1 aromatic heterocycles. The van der Waals surface area contributed by atoms with Crippen LogP contribution in [0.2, 0.25) is 5.02 Å². The van der Waals surface area contributed by atoms with Crippen LogP contribution in [0, 0.1) is 0 Å². The van der Waals surface area contributed by atoms with Crippen LogP contribution in [0.3, 0.4) is 0 Å². The molecule has 41 heavy (non-hydrogen) atoms. The van der Waals surface area contributed by atoms with Gasteiger partial charge in [-0.25, -0.2) is 0 Å². The minimum atomic E-state index is -4.57. The summed E-state index contributed by atoms with van der Waals surface area (Å²) in [6, 6.07) is 8.39. The first-order chi connectivity index (χ1) is 19.0. The maximum absolute atomic E-state index is 13.5. The molecule has 0 spiro atoms. The number of amides is 3. The number of carbonyl (C=O) groups is 3. The Morgan fingerprint density at radius 1 is 1.22 bits per heavy atom. The molecule has 3 heterocycles. The number of rotatable bonds is 6. The second kappa shape index (κ2) is 12.4. The SMILES string of the molecule is Cl.O=C(CN1C(=O)S/C(=C\c2ccc3c(cnn3Cc3ccc(Cl)cc3C(F)(F)F)c2)C1=O)N1CCN[C@@H](CO)C1. The molecule has 3 amide bonds. The Morgan fingerprint density at radius 2 is 2.00 bits per heavy atom. The van der Waals surface area contributed by atoms with Gasteiger partial charge < -0.3 is 15.3 Å². The molecular formula is C26H24Cl2F3N5O4S. The Hall–Kier alpha value is -3.10. The summed E-state index contributed by atoms with van der Waals surface area (Å²) in [5.74, 6) is -0.970. The summed E-state index contributed by atoms with van der Waals surface area (Å²) in [7, 11) is 0. The van der Waals surface area contributed by atoms with E-state index in [1.807, 2.05) is 0 Å². The number of nitrogens with one attached hydrogen (secondary N) is 1. The third-order valence-electron chi connectivity index (χ3n) is 6.66. The van der Waals surface area contributed by atoms with E-state index in [2.05, 4.69) is 10.4 Å². The lowest BCUT2D eigenvalue weighted by Crippen LogP contribution is -2.55. The van der Waals surface area contributed by atoms with Gasteiger partial charge in [0.1, 0.15) is 6.54 Å². The molecule has 1 atom stereocenters. The zero-order valence-corrected chi connectivity index (χ0v) is 23.6. The van der Waals surface area contributed by atoms with E-state index in [1.165, 1.54) is 34.0 Å². The van der Waals surface area contributed by atoms with Gasteiger partial charge in [-0.1, -0.05) is 23.7 Å². The van der Waals surface area contributed by atoms with E-state index >= 15 is 0 Å². The monoisotopic (exact) mass is 629 g/mol. The van der Waals surface area contributed by atoms with Crippen molar-refractivity contribution in [3.63, 3.8) is 0 Å². The summed E-state index contributed by atoms with van der Waals surface area (Å²) in [4.78, 5) is 40.7. The van der Waals surface area contributed by atoms with Gasteiger partial charge in [-0.2, -0.15) is 18.3 Å². The molecule has 218 valence electrons. The van der Waals surface area contributed by atoms with E-state index in [0.717, 1.165) is 22.7 Å². The minimum Gasteiger partial charge on any atom is -0.395 e. The standard InChI is InChI=1S/C26H23ClF3N5O4S.ClH/c27-18-3-2-16(20(9-18)26(28,29)30)11-35-21-4-1-15(7-17(21)10-32-35)8-22-24(38)34(25(39)40-22)13-23(37)33-6-5-31-19(12-33)14-36;/h1-4,7-10,19,31,36H,5-6,11-14H2;1H/b22-8-;/t19-;/m1./s1. The highest BCUT2D eigenvalue weighted by molar-refractivity contribution is 8.18. The molecule has 5 rings (SSSR count). The van der Waals surface area contributed by atoms with Crippen LogP contribution >= 0.6 is 35.8 Å². The molecule has 2 saturated heterocycles. The molecule has 0 aliphatic carbocycles. The first-order valence-corrected chi connectivity index (χ1v) is 13.4. The van der Waals surface area contributed by atoms with E-state index in [4.69, 9.17) is 11.6 Å². The van der Waals surface area contributed by atoms with E-state index in [-0.39, 0.29) is 59.5 Å². The molecule has 2 aromatic carbocycles. The summed E-state index contributed by atoms with van der Waals surface area (Å²) in [6.07, 6.45) is -1.54. The fourth-order valence-electron chi connectivity index (χ4n) is 4.63. The highest BCUT2D eigenvalue weighted by atomic mass is 35.5. The van der Waals surface area contributed by atoms with E-state index in [9.17, 15) is 32.7 Å². The number of carbonyl (C=O) groups excluding carboxylic acids is 3. The Labute approximate surface area is 247 Å². The van der Waals surface area contributed by atoms with Crippen LogP contribution in [0.15, 0.2) is 47.5 Å². The van der Waals surface area contributed by atoms with Crippen molar-refractivity contribution in [2.75, 3.05) is 32.8 Å². The normalized spacial score (nSPS) is 18.9. The van der Waals surface area contributed by atoms with Crippen LogP contribution in [-0.2, 0) is 22.3 Å². The number of thioether (sulfide) groups is 1. The first-order valence-electron chi connectivity index (χ1n) is 12.2. The van der Waals surface area contributed by atoms with Crippen molar-refractivity contribution in [3.8, 4) is 0 Å². The number of aliphatic hydroxyl groups excluding tert-OH is 1. The lowest BCUT2D eigenvalue weighted by atomic mass is 10.1. The predicted molar refractivity (Wildman–Crippen MR) is 151 cm³/mol. The predicted octanol–water partition coefficient (Wildman–Crippen LogP) is 4.01. The van der Waals surface area contributed by atoms with Gasteiger partial charge in [0.25, 0.3) is 11.1 Å². The number of benzene rings is 2. The fraction of sp³-hybridized carbons (Fsp3) is 0.308. The second-order valence-electron chi connectivity index (χ2n) is 9.36. The quantitative estimate of drug-likeness (QED) is 0.397. The molecular weight excluding hydrogens is 606 g/mol. The number of aliphatic hydroxyl groups is 1. The van der Waals surface area contributed by atoms with Gasteiger partial charge in [-0.05, 0) is 53.2 Å². The summed E-state index contributed by atoms with van der Waals surface area (Å²) in [5.41, 5.74) is 0.344. The van der Waals surface area contributed by atoms with Crippen molar-refractivity contribution < 1.29 is 32.7 Å². The maximum atomic E-state index is 13.5. The Morgan fingerprint density at radius 3 is 2.73 bits per heavy atom. The van der Waals surface area contributed by atoms with Gasteiger partial charge in [-0.15, -0.1) is 12.4 Å². The number of halogens is 5. The topological polar surface area (TPSA) is 108 Å². The number of fused-ring (bicyclic) bond motifs is 1. The smallest absolute Gasteiger partial charge is 0.395 e. The zero-order valence-electron chi connectivity index (χ0n) is 21.2. The minimum absolute atomic E-state index is 0. The number of hydrogen-bond acceptors (Lipinski definition) is 7. The van der Waals surface area contributed by atoms with E-state index in [1.54, 1.807) is 18.2 Å². The van der Waals surface area contributed by atoms with Crippen LogP contribution < -0.4 is 5.32 Å². The lowest BCUT2D eigenvalue weighted by molar-refractivity contribution is -0.138. The van der Waals surface area contributed by atoms with Crippen LogP contribution in [-0.4, -0.2) is 80.6 Å². The zero-order chi connectivity index (χ0) is 28.6. The van der Waals surface area contributed by atoms with Gasteiger partial charge in [0.05, 0.1) is 35.3 Å². The van der Waals surface area contributed by atoms with Gasteiger partial charge >= 0.3 is 6.18 Å². The maximum Gasteiger partial charge on any atom is 0.416 e. The molecule has 2 aliphatic rings. The summed E-state index contributed by atoms with van der Waals surface area (Å²) in [5, 5.41) is 16.7. The van der Waals surface area contributed by atoms with Crippen LogP contribution in [0.25, 0.3) is 17.0 Å². The summed E-state index contributed by atoms with van der Waals surface area (Å²) in [6.45, 7) is 0.536. The average Bonchev–Trinajstić information content (AvgIpc) is 3.44. The van der Waals surface area contributed by atoms with Crippen molar-refractivity contribution in [2.45, 2.75) is 18.8 Å². The van der Waals surface area contributed by atoms with E-state index < -0.39 is 29.4 Å². The number of aromatic nitrogens is 2. The summed E-state index contributed by atoms with van der Waals surface area (Å²) < 4.78 is 42.0. The fourth-order valence-corrected chi connectivity index (χ4v) is 5.64. The molecule has 2 aliphatic heterocycles. The first kappa shape index (κ1) is 30.8. The molecule has 0 bridgehead atoms.